The number of aryl methyl sites for hydroxylation is 1. The molecular weight excluding hydrogens is 234 g/mol. The standard InChI is InChI=1S/C13H15NO4/c1-3-18-13(15)6-4-5-11-7-8-12(14(16)17)10(2)9-11/h4-5,7-9H,3,6H2,1-2H3. The highest BCUT2D eigenvalue weighted by Gasteiger charge is 2.08. The number of hydrogen-bond acceptors (Lipinski definition) is 4. The van der Waals surface area contributed by atoms with Crippen molar-refractivity contribution in [2.24, 2.45) is 0 Å². The Labute approximate surface area is 105 Å². The highest BCUT2D eigenvalue weighted by Crippen LogP contribution is 2.19. The second-order valence-corrected chi connectivity index (χ2v) is 3.71. The maximum atomic E-state index is 11.1. The van der Waals surface area contributed by atoms with Crippen molar-refractivity contribution in [3.05, 3.63) is 45.5 Å². The molecule has 0 atom stereocenters. The Morgan fingerprint density at radius 1 is 1.50 bits per heavy atom. The van der Waals surface area contributed by atoms with E-state index in [1.54, 1.807) is 38.1 Å². The van der Waals surface area contributed by atoms with E-state index >= 15 is 0 Å². The largest absolute Gasteiger partial charge is 0.466 e. The van der Waals surface area contributed by atoms with Gasteiger partial charge in [0.1, 0.15) is 0 Å². The molecule has 0 aliphatic heterocycles. The number of esters is 1. The van der Waals surface area contributed by atoms with Crippen molar-refractivity contribution >= 4 is 17.7 Å². The van der Waals surface area contributed by atoms with Gasteiger partial charge >= 0.3 is 5.97 Å². The Kier molecular flexibility index (Phi) is 5.05. The summed E-state index contributed by atoms with van der Waals surface area (Å²) in [6.07, 6.45) is 3.62. The van der Waals surface area contributed by atoms with E-state index in [1.165, 1.54) is 6.07 Å². The van der Waals surface area contributed by atoms with Crippen LogP contribution in [0.3, 0.4) is 0 Å². The lowest BCUT2D eigenvalue weighted by atomic mass is 10.1. The molecule has 0 aromatic heterocycles. The van der Waals surface area contributed by atoms with Gasteiger partial charge < -0.3 is 4.74 Å². The van der Waals surface area contributed by atoms with Gasteiger partial charge in [0.2, 0.25) is 0 Å². The van der Waals surface area contributed by atoms with Gasteiger partial charge in [0, 0.05) is 11.6 Å². The summed E-state index contributed by atoms with van der Waals surface area (Å²) in [5.41, 5.74) is 1.51. The lowest BCUT2D eigenvalue weighted by molar-refractivity contribution is -0.385. The van der Waals surface area contributed by atoms with Gasteiger partial charge in [0.05, 0.1) is 18.0 Å². The summed E-state index contributed by atoms with van der Waals surface area (Å²) in [7, 11) is 0. The molecule has 0 amide bonds. The second-order valence-electron chi connectivity index (χ2n) is 3.71. The fourth-order valence-electron chi connectivity index (χ4n) is 1.50. The molecule has 0 bridgehead atoms. The Hall–Kier alpha value is -2.17. The van der Waals surface area contributed by atoms with E-state index in [1.807, 2.05) is 0 Å². The maximum absolute atomic E-state index is 11.1. The zero-order valence-electron chi connectivity index (χ0n) is 10.4. The molecular formula is C13H15NO4. The number of carbonyl (C=O) groups is 1. The molecule has 1 rings (SSSR count). The minimum Gasteiger partial charge on any atom is -0.466 e. The Bertz CT molecular complexity index is 480. The van der Waals surface area contributed by atoms with Crippen molar-refractivity contribution in [1.82, 2.24) is 0 Å². The normalized spacial score (nSPS) is 10.6. The highest BCUT2D eigenvalue weighted by molar-refractivity contribution is 5.72. The lowest BCUT2D eigenvalue weighted by Gasteiger charge is -1.99. The third-order valence-electron chi connectivity index (χ3n) is 2.32. The number of rotatable bonds is 5. The van der Waals surface area contributed by atoms with Crippen LogP contribution in [-0.2, 0) is 9.53 Å². The minimum atomic E-state index is -0.415. The molecule has 1 aromatic carbocycles. The molecule has 0 saturated heterocycles. The van der Waals surface area contributed by atoms with Crippen molar-refractivity contribution in [2.45, 2.75) is 20.3 Å². The Morgan fingerprint density at radius 2 is 2.22 bits per heavy atom. The van der Waals surface area contributed by atoms with E-state index in [4.69, 9.17) is 4.74 Å². The summed E-state index contributed by atoms with van der Waals surface area (Å²) in [5.74, 6) is -0.285. The van der Waals surface area contributed by atoms with Crippen molar-refractivity contribution in [3.63, 3.8) is 0 Å². The molecule has 1 aromatic rings. The van der Waals surface area contributed by atoms with E-state index < -0.39 is 4.92 Å². The first-order valence-corrected chi connectivity index (χ1v) is 5.61. The van der Waals surface area contributed by atoms with Crippen LogP contribution in [0.25, 0.3) is 6.08 Å². The van der Waals surface area contributed by atoms with Gasteiger partial charge in [-0.15, -0.1) is 0 Å². The summed E-state index contributed by atoms with van der Waals surface area (Å²) in [4.78, 5) is 21.3. The number of nitro benzene ring substituents is 1. The summed E-state index contributed by atoms with van der Waals surface area (Å²) >= 11 is 0. The molecule has 0 heterocycles. The quantitative estimate of drug-likeness (QED) is 0.457. The smallest absolute Gasteiger partial charge is 0.309 e. The molecule has 0 radical (unpaired) electrons. The number of hydrogen-bond donors (Lipinski definition) is 0. The van der Waals surface area contributed by atoms with Crippen LogP contribution in [0.1, 0.15) is 24.5 Å². The number of nitro groups is 1. The van der Waals surface area contributed by atoms with Crippen LogP contribution >= 0.6 is 0 Å². The number of ether oxygens (including phenoxy) is 1. The molecule has 0 N–H and O–H groups in total. The first-order valence-electron chi connectivity index (χ1n) is 5.61. The fourth-order valence-corrected chi connectivity index (χ4v) is 1.50. The van der Waals surface area contributed by atoms with Crippen LogP contribution < -0.4 is 0 Å². The monoisotopic (exact) mass is 249 g/mol. The molecule has 0 saturated carbocycles. The molecule has 0 fully saturated rings. The Morgan fingerprint density at radius 3 is 2.78 bits per heavy atom. The average Bonchev–Trinajstić information content (AvgIpc) is 2.29. The predicted octanol–water partition coefficient (Wildman–Crippen LogP) is 2.87. The summed E-state index contributed by atoms with van der Waals surface area (Å²) in [6, 6.07) is 4.81. The van der Waals surface area contributed by atoms with Gasteiger partial charge in [-0.2, -0.15) is 0 Å². The predicted molar refractivity (Wildman–Crippen MR) is 68.1 cm³/mol. The van der Waals surface area contributed by atoms with Crippen LogP contribution in [0.4, 0.5) is 5.69 Å². The third kappa shape index (κ3) is 4.01. The third-order valence-corrected chi connectivity index (χ3v) is 2.32. The summed E-state index contributed by atoms with van der Waals surface area (Å²) in [5, 5.41) is 10.6. The van der Waals surface area contributed by atoms with E-state index in [0.29, 0.717) is 12.2 Å². The zero-order valence-corrected chi connectivity index (χ0v) is 10.4. The second kappa shape index (κ2) is 6.54. The van der Waals surface area contributed by atoms with E-state index in [0.717, 1.165) is 5.56 Å². The van der Waals surface area contributed by atoms with Gasteiger partial charge in [-0.25, -0.2) is 0 Å². The molecule has 5 nitrogen and oxygen atoms in total. The number of nitrogens with zero attached hydrogens (tertiary/aromatic N) is 1. The van der Waals surface area contributed by atoms with Crippen LogP contribution in [0, 0.1) is 17.0 Å². The van der Waals surface area contributed by atoms with Crippen molar-refractivity contribution in [2.75, 3.05) is 6.61 Å². The van der Waals surface area contributed by atoms with Crippen LogP contribution in [0.2, 0.25) is 0 Å². The van der Waals surface area contributed by atoms with Gasteiger partial charge in [-0.3, -0.25) is 14.9 Å². The molecule has 0 unspecified atom stereocenters. The van der Waals surface area contributed by atoms with Crippen LogP contribution in [-0.4, -0.2) is 17.5 Å². The molecule has 0 aliphatic rings. The highest BCUT2D eigenvalue weighted by atomic mass is 16.6. The van der Waals surface area contributed by atoms with Gasteiger partial charge in [-0.1, -0.05) is 12.2 Å². The van der Waals surface area contributed by atoms with Gasteiger partial charge in [-0.05, 0) is 31.5 Å². The first-order chi connectivity index (χ1) is 8.54. The minimum absolute atomic E-state index is 0.0949. The molecule has 5 heteroatoms. The first kappa shape index (κ1) is 13.9. The summed E-state index contributed by atoms with van der Waals surface area (Å²) < 4.78 is 4.77. The lowest BCUT2D eigenvalue weighted by Crippen LogP contribution is -2.01. The Balaban J connectivity index is 2.69. The maximum Gasteiger partial charge on any atom is 0.309 e. The van der Waals surface area contributed by atoms with E-state index in [-0.39, 0.29) is 18.1 Å². The molecule has 18 heavy (non-hydrogen) atoms. The molecule has 96 valence electrons. The topological polar surface area (TPSA) is 69.4 Å². The summed E-state index contributed by atoms with van der Waals surface area (Å²) in [6.45, 7) is 3.80. The number of carbonyl (C=O) groups excluding carboxylic acids is 1. The van der Waals surface area contributed by atoms with Crippen molar-refractivity contribution in [1.29, 1.82) is 0 Å². The van der Waals surface area contributed by atoms with Gasteiger partial charge in [0.15, 0.2) is 0 Å². The van der Waals surface area contributed by atoms with E-state index in [2.05, 4.69) is 0 Å². The zero-order chi connectivity index (χ0) is 13.5. The van der Waals surface area contributed by atoms with Crippen LogP contribution in [0.15, 0.2) is 24.3 Å². The van der Waals surface area contributed by atoms with Crippen LogP contribution in [0.5, 0.6) is 0 Å². The fraction of sp³-hybridized carbons (Fsp3) is 0.308. The van der Waals surface area contributed by atoms with Crippen molar-refractivity contribution in [3.8, 4) is 0 Å². The average molecular weight is 249 g/mol. The molecule has 0 spiro atoms. The van der Waals surface area contributed by atoms with E-state index in [9.17, 15) is 14.9 Å². The van der Waals surface area contributed by atoms with Crippen molar-refractivity contribution < 1.29 is 14.5 Å². The SMILES string of the molecule is CCOC(=O)CC=Cc1ccc([N+](=O)[O-])c(C)c1. The number of benzene rings is 1. The van der Waals surface area contributed by atoms with Gasteiger partial charge in [0.25, 0.3) is 5.69 Å². The molecule has 0 aliphatic carbocycles.